The molecule has 2 aliphatic rings. The van der Waals surface area contributed by atoms with Gasteiger partial charge in [-0.3, -0.25) is 0 Å². The van der Waals surface area contributed by atoms with E-state index in [9.17, 15) is 0 Å². The third-order valence-corrected chi connectivity index (χ3v) is 17.8. The van der Waals surface area contributed by atoms with Crippen LogP contribution < -0.4 is 26.2 Å². The molecule has 82 heavy (non-hydrogen) atoms. The van der Waals surface area contributed by atoms with Crippen LogP contribution in [0.3, 0.4) is 0 Å². The maximum Gasteiger partial charge on any atom is 0.252 e. The van der Waals surface area contributed by atoms with Crippen molar-refractivity contribution in [2.75, 3.05) is 9.80 Å². The Bertz CT molecular complexity index is 4330. The highest BCUT2D eigenvalue weighted by atomic mass is 15.2. The lowest BCUT2D eigenvalue weighted by Crippen LogP contribution is -2.61. The van der Waals surface area contributed by atoms with Crippen LogP contribution in [0.25, 0.3) is 66.1 Å². The van der Waals surface area contributed by atoms with Crippen LogP contribution in [-0.4, -0.2) is 6.71 Å². The molecule has 0 atom stereocenters. The highest BCUT2D eigenvalue weighted by molar-refractivity contribution is 7.00. The first-order chi connectivity index (χ1) is 39.7. The van der Waals surface area contributed by atoms with Gasteiger partial charge in [0.15, 0.2) is 0 Å². The van der Waals surface area contributed by atoms with Crippen molar-refractivity contribution in [1.82, 2.24) is 0 Å². The van der Waals surface area contributed by atoms with Gasteiger partial charge >= 0.3 is 0 Å². The van der Waals surface area contributed by atoms with Gasteiger partial charge in [0.2, 0.25) is 0 Å². The van der Waals surface area contributed by atoms with Gasteiger partial charge in [0, 0.05) is 39.5 Å². The fourth-order valence-electron chi connectivity index (χ4n) is 13.4. The van der Waals surface area contributed by atoms with Gasteiger partial charge in [-0.2, -0.15) is 0 Å². The minimum atomic E-state index is -0.244. The molecule has 2 nitrogen and oxygen atoms in total. The predicted molar refractivity (Wildman–Crippen MR) is 353 cm³/mol. The molecule has 396 valence electrons. The van der Waals surface area contributed by atoms with Crippen molar-refractivity contribution >= 4 is 78.8 Å². The molecule has 14 rings (SSSR count). The second-order valence-electron chi connectivity index (χ2n) is 25.3. The third-order valence-electron chi connectivity index (χ3n) is 17.8. The summed E-state index contributed by atoms with van der Waals surface area (Å²) in [6.45, 7) is 18.8. The molecule has 0 saturated carbocycles. The van der Waals surface area contributed by atoms with Crippen molar-refractivity contribution in [3.05, 3.63) is 283 Å². The van der Waals surface area contributed by atoms with E-state index in [4.69, 9.17) is 0 Å². The summed E-state index contributed by atoms with van der Waals surface area (Å²) in [5, 5.41) is 4.96. The molecule has 0 aliphatic carbocycles. The maximum atomic E-state index is 2.56. The van der Waals surface area contributed by atoms with Crippen LogP contribution in [0, 0.1) is 0 Å². The minimum Gasteiger partial charge on any atom is -0.311 e. The SMILES string of the molecule is CC(C)(C)c1cc(-c2cc(-c3cc4c5c(c3)N(c3ccccc3)c3ccc(C(C)(C)c6ccccc6)cc3B5c3ccccc3N4c3ccccc3)cc(-c3c4ccccc4c(-c4ccccc4)c4ccccc34)c2)cc(C(C)(C)C)c1. The highest BCUT2D eigenvalue weighted by Crippen LogP contribution is 2.50. The number of fused-ring (bicyclic) bond motifs is 6. The summed E-state index contributed by atoms with van der Waals surface area (Å²) in [5.74, 6) is 0. The van der Waals surface area contributed by atoms with E-state index >= 15 is 0 Å². The molecular formula is C79H67BN2. The summed E-state index contributed by atoms with van der Waals surface area (Å²) in [6.07, 6.45) is 0. The van der Waals surface area contributed by atoms with Crippen molar-refractivity contribution in [3.63, 3.8) is 0 Å². The van der Waals surface area contributed by atoms with Crippen LogP contribution in [0.5, 0.6) is 0 Å². The van der Waals surface area contributed by atoms with Crippen molar-refractivity contribution in [3.8, 4) is 44.5 Å². The molecule has 0 aromatic heterocycles. The third kappa shape index (κ3) is 8.56. The standard InChI is InChI=1S/C79H67BN2/c1-77(2,3)60-46-55(47-61(50-60)78(4,5)6)53-43-54(45-57(44-53)75-66-37-23-21-35-64(66)74(52-27-13-9-14-28-52)65-36-22-24-38-67(65)75)56-48-72-76-73(49-56)82(63-33-19-12-20-34-63)71-42-41-59(79(7,8)58-29-15-10-16-30-58)51-69(71)80(76)68-39-25-26-40-70(68)81(72)62-31-17-11-18-32-62/h9-51H,1-8H3. The number of anilines is 6. The molecule has 0 radical (unpaired) electrons. The fraction of sp³-hybridized carbons (Fsp3) is 0.139. The number of benzene rings is 12. The summed E-state index contributed by atoms with van der Waals surface area (Å²) < 4.78 is 0. The van der Waals surface area contributed by atoms with Gasteiger partial charge in [-0.05, 0) is 182 Å². The lowest BCUT2D eigenvalue weighted by Gasteiger charge is -2.45. The van der Waals surface area contributed by atoms with E-state index in [1.807, 2.05) is 0 Å². The first-order valence-corrected chi connectivity index (χ1v) is 29.2. The molecule has 3 heteroatoms. The molecule has 0 saturated heterocycles. The number of para-hydroxylation sites is 3. The second kappa shape index (κ2) is 19.5. The zero-order valence-electron chi connectivity index (χ0n) is 48.3. The fourth-order valence-corrected chi connectivity index (χ4v) is 13.4. The number of rotatable bonds is 8. The Morgan fingerprint density at radius 2 is 0.671 bits per heavy atom. The molecule has 12 aromatic rings. The van der Waals surface area contributed by atoms with Gasteiger partial charge in [0.1, 0.15) is 0 Å². The van der Waals surface area contributed by atoms with Crippen molar-refractivity contribution < 1.29 is 0 Å². The van der Waals surface area contributed by atoms with Crippen molar-refractivity contribution in [1.29, 1.82) is 0 Å². The quantitative estimate of drug-likeness (QED) is 0.111. The lowest BCUT2D eigenvalue weighted by atomic mass is 9.33. The molecule has 2 aliphatic heterocycles. The van der Waals surface area contributed by atoms with Gasteiger partial charge in [0.25, 0.3) is 6.71 Å². The van der Waals surface area contributed by atoms with E-state index in [0.29, 0.717) is 0 Å². The molecule has 12 aromatic carbocycles. The summed E-state index contributed by atoms with van der Waals surface area (Å²) in [6, 6.07) is 98.5. The average molecular weight is 1060 g/mol. The number of nitrogens with zero attached hydrogens (tertiary/aromatic N) is 2. The van der Waals surface area contributed by atoms with E-state index in [-0.39, 0.29) is 23.0 Å². The Morgan fingerprint density at radius 1 is 0.268 bits per heavy atom. The van der Waals surface area contributed by atoms with Crippen LogP contribution in [-0.2, 0) is 16.2 Å². The van der Waals surface area contributed by atoms with Crippen molar-refractivity contribution in [2.45, 2.75) is 71.6 Å². The Labute approximate surface area is 485 Å². The Balaban J connectivity index is 1.10. The molecule has 2 heterocycles. The Morgan fingerprint density at radius 3 is 1.18 bits per heavy atom. The van der Waals surface area contributed by atoms with Gasteiger partial charge in [0.05, 0.1) is 0 Å². The number of hydrogen-bond donors (Lipinski definition) is 0. The largest absolute Gasteiger partial charge is 0.311 e. The molecule has 0 N–H and O–H groups in total. The van der Waals surface area contributed by atoms with E-state index < -0.39 is 0 Å². The highest BCUT2D eigenvalue weighted by Gasteiger charge is 2.44. The Hall–Kier alpha value is -9.18. The number of hydrogen-bond acceptors (Lipinski definition) is 2. The van der Waals surface area contributed by atoms with Gasteiger partial charge in [-0.15, -0.1) is 0 Å². The Kier molecular flexibility index (Phi) is 12.1. The molecule has 0 unspecified atom stereocenters. The van der Waals surface area contributed by atoms with Gasteiger partial charge < -0.3 is 9.80 Å². The lowest BCUT2D eigenvalue weighted by molar-refractivity contribution is 0.569. The average Bonchev–Trinajstić information content (AvgIpc) is 3.41. The van der Waals surface area contributed by atoms with Crippen molar-refractivity contribution in [2.24, 2.45) is 0 Å². The summed E-state index contributed by atoms with van der Waals surface area (Å²) >= 11 is 0. The van der Waals surface area contributed by atoms with E-state index in [2.05, 4.69) is 326 Å². The van der Waals surface area contributed by atoms with E-state index in [1.54, 1.807) is 0 Å². The van der Waals surface area contributed by atoms with Crippen LogP contribution in [0.2, 0.25) is 0 Å². The second-order valence-corrected chi connectivity index (χ2v) is 25.3. The zero-order valence-corrected chi connectivity index (χ0v) is 48.3. The van der Waals surface area contributed by atoms with Crippen LogP contribution in [0.4, 0.5) is 34.1 Å². The van der Waals surface area contributed by atoms with Crippen LogP contribution in [0.15, 0.2) is 261 Å². The van der Waals surface area contributed by atoms with Gasteiger partial charge in [-0.25, -0.2) is 0 Å². The maximum absolute atomic E-state index is 2.56. The van der Waals surface area contributed by atoms with Crippen LogP contribution >= 0.6 is 0 Å². The molecule has 0 amide bonds. The topological polar surface area (TPSA) is 6.48 Å². The summed E-state index contributed by atoms with van der Waals surface area (Å²) in [4.78, 5) is 5.09. The van der Waals surface area contributed by atoms with Gasteiger partial charge in [-0.1, -0.05) is 250 Å². The molecule has 0 fully saturated rings. The zero-order chi connectivity index (χ0) is 56.1. The molecular weight excluding hydrogens is 988 g/mol. The monoisotopic (exact) mass is 1050 g/mol. The normalized spacial score (nSPS) is 13.0. The van der Waals surface area contributed by atoms with Crippen LogP contribution in [0.1, 0.15) is 77.6 Å². The van der Waals surface area contributed by atoms with E-state index in [0.717, 1.165) is 22.5 Å². The molecule has 0 spiro atoms. The summed E-state index contributed by atoms with van der Waals surface area (Å²) in [5.41, 5.74) is 25.4. The predicted octanol–water partition coefficient (Wildman–Crippen LogP) is 19.7. The minimum absolute atomic E-state index is 0.0459. The van der Waals surface area contributed by atoms with E-state index in [1.165, 1.54) is 116 Å². The first-order valence-electron chi connectivity index (χ1n) is 29.2. The summed E-state index contributed by atoms with van der Waals surface area (Å²) in [7, 11) is 0. The smallest absolute Gasteiger partial charge is 0.252 e. The molecule has 0 bridgehead atoms. The first kappa shape index (κ1) is 51.0.